The highest BCUT2D eigenvalue weighted by atomic mass is 19.1. The predicted molar refractivity (Wildman–Crippen MR) is 66.8 cm³/mol. The van der Waals surface area contributed by atoms with E-state index in [4.69, 9.17) is 15.7 Å². The molecule has 90 valence electrons. The molecule has 0 bridgehead atoms. The molecule has 2 rings (SSSR count). The van der Waals surface area contributed by atoms with Gasteiger partial charge in [0.2, 0.25) is 0 Å². The summed E-state index contributed by atoms with van der Waals surface area (Å²) in [5.41, 5.74) is 7.47. The molecule has 0 amide bonds. The Balaban J connectivity index is 2.32. The van der Waals surface area contributed by atoms with Crippen molar-refractivity contribution in [2.75, 3.05) is 5.73 Å². The van der Waals surface area contributed by atoms with Gasteiger partial charge in [0.15, 0.2) is 11.6 Å². The minimum Gasteiger partial charge on any atom is -0.452 e. The predicted octanol–water partition coefficient (Wildman–Crippen LogP) is 3.38. The fourth-order valence-corrected chi connectivity index (χ4v) is 1.53. The number of nitriles is 1. The number of rotatable bonds is 2. The fourth-order valence-electron chi connectivity index (χ4n) is 1.53. The zero-order chi connectivity index (χ0) is 13.1. The molecule has 0 fully saturated rings. The molecule has 0 aliphatic rings. The van der Waals surface area contributed by atoms with Gasteiger partial charge in [-0.25, -0.2) is 4.39 Å². The average Bonchev–Trinajstić information content (AvgIpc) is 2.34. The Labute approximate surface area is 104 Å². The summed E-state index contributed by atoms with van der Waals surface area (Å²) in [7, 11) is 0. The largest absolute Gasteiger partial charge is 0.452 e. The smallest absolute Gasteiger partial charge is 0.167 e. The molecule has 0 aliphatic heterocycles. The zero-order valence-corrected chi connectivity index (χ0v) is 9.77. The first kappa shape index (κ1) is 11.9. The van der Waals surface area contributed by atoms with Crippen molar-refractivity contribution >= 4 is 5.69 Å². The quantitative estimate of drug-likeness (QED) is 0.821. The molecular weight excluding hydrogens is 231 g/mol. The molecule has 0 spiro atoms. The van der Waals surface area contributed by atoms with Crippen LogP contribution in [-0.2, 0) is 0 Å². The molecular formula is C14H11FN2O. The van der Waals surface area contributed by atoms with E-state index in [9.17, 15) is 4.39 Å². The second kappa shape index (κ2) is 4.76. The number of anilines is 1. The average molecular weight is 242 g/mol. The van der Waals surface area contributed by atoms with Gasteiger partial charge >= 0.3 is 0 Å². The van der Waals surface area contributed by atoms with E-state index in [0.29, 0.717) is 11.4 Å². The summed E-state index contributed by atoms with van der Waals surface area (Å²) in [6.07, 6.45) is 0. The summed E-state index contributed by atoms with van der Waals surface area (Å²) >= 11 is 0. The summed E-state index contributed by atoms with van der Waals surface area (Å²) < 4.78 is 19.0. The van der Waals surface area contributed by atoms with Crippen molar-refractivity contribution in [2.24, 2.45) is 0 Å². The van der Waals surface area contributed by atoms with Crippen LogP contribution < -0.4 is 10.5 Å². The van der Waals surface area contributed by atoms with Gasteiger partial charge in [-0.1, -0.05) is 6.07 Å². The molecule has 0 aromatic heterocycles. The Morgan fingerprint density at radius 2 is 1.89 bits per heavy atom. The molecule has 0 heterocycles. The van der Waals surface area contributed by atoms with Crippen molar-refractivity contribution in [3.63, 3.8) is 0 Å². The SMILES string of the molecule is Cc1ccc(Oc2ccc(C#N)cc2F)c(N)c1. The van der Waals surface area contributed by atoms with E-state index < -0.39 is 5.82 Å². The first-order valence-electron chi connectivity index (χ1n) is 5.34. The maximum absolute atomic E-state index is 13.6. The second-order valence-corrected chi connectivity index (χ2v) is 3.90. The van der Waals surface area contributed by atoms with Crippen molar-refractivity contribution in [2.45, 2.75) is 6.92 Å². The van der Waals surface area contributed by atoms with Gasteiger partial charge in [0.1, 0.15) is 5.75 Å². The van der Waals surface area contributed by atoms with Gasteiger partial charge < -0.3 is 10.5 Å². The van der Waals surface area contributed by atoms with E-state index in [1.165, 1.54) is 12.1 Å². The van der Waals surface area contributed by atoms with Gasteiger partial charge in [-0.3, -0.25) is 0 Å². The van der Waals surface area contributed by atoms with Gasteiger partial charge in [-0.2, -0.15) is 5.26 Å². The van der Waals surface area contributed by atoms with Gasteiger partial charge in [0.05, 0.1) is 17.3 Å². The molecule has 0 saturated heterocycles. The molecule has 2 aromatic rings. The number of halogens is 1. The lowest BCUT2D eigenvalue weighted by atomic mass is 10.2. The van der Waals surface area contributed by atoms with Crippen LogP contribution in [0.15, 0.2) is 36.4 Å². The maximum atomic E-state index is 13.6. The Hall–Kier alpha value is -2.54. The summed E-state index contributed by atoms with van der Waals surface area (Å²) in [4.78, 5) is 0. The van der Waals surface area contributed by atoms with Gasteiger partial charge in [0, 0.05) is 0 Å². The van der Waals surface area contributed by atoms with E-state index in [1.807, 2.05) is 19.1 Å². The van der Waals surface area contributed by atoms with Crippen LogP contribution in [0.1, 0.15) is 11.1 Å². The minimum atomic E-state index is -0.589. The van der Waals surface area contributed by atoms with Crippen LogP contribution in [0.2, 0.25) is 0 Å². The molecule has 0 atom stereocenters. The maximum Gasteiger partial charge on any atom is 0.167 e. The molecule has 0 saturated carbocycles. The summed E-state index contributed by atoms with van der Waals surface area (Å²) in [6.45, 7) is 1.91. The Kier molecular flexibility index (Phi) is 3.16. The topological polar surface area (TPSA) is 59.0 Å². The molecule has 0 aliphatic carbocycles. The lowest BCUT2D eigenvalue weighted by Crippen LogP contribution is -1.94. The highest BCUT2D eigenvalue weighted by molar-refractivity contribution is 5.55. The van der Waals surface area contributed by atoms with Crippen LogP contribution in [0.3, 0.4) is 0 Å². The van der Waals surface area contributed by atoms with Crippen LogP contribution in [0.4, 0.5) is 10.1 Å². The molecule has 3 nitrogen and oxygen atoms in total. The van der Waals surface area contributed by atoms with Crippen LogP contribution in [0, 0.1) is 24.1 Å². The third-order valence-corrected chi connectivity index (χ3v) is 2.45. The highest BCUT2D eigenvalue weighted by Crippen LogP contribution is 2.30. The summed E-state index contributed by atoms with van der Waals surface area (Å²) in [5, 5.41) is 8.64. The number of nitrogen functional groups attached to an aromatic ring is 1. The van der Waals surface area contributed by atoms with E-state index in [2.05, 4.69) is 0 Å². The standard InChI is InChI=1S/C14H11FN2O/c1-9-2-4-14(12(17)6-9)18-13-5-3-10(8-16)7-11(13)15/h2-7H,17H2,1H3. The van der Waals surface area contributed by atoms with Crippen molar-refractivity contribution in [1.82, 2.24) is 0 Å². The lowest BCUT2D eigenvalue weighted by Gasteiger charge is -2.09. The van der Waals surface area contributed by atoms with Crippen LogP contribution in [0.25, 0.3) is 0 Å². The first-order valence-corrected chi connectivity index (χ1v) is 5.34. The number of benzene rings is 2. The monoisotopic (exact) mass is 242 g/mol. The Bertz CT molecular complexity index is 632. The van der Waals surface area contributed by atoms with E-state index >= 15 is 0 Å². The summed E-state index contributed by atoms with van der Waals surface area (Å²) in [5.74, 6) is -0.150. The molecule has 2 N–H and O–H groups in total. The summed E-state index contributed by atoms with van der Waals surface area (Å²) in [6, 6.07) is 11.1. The third kappa shape index (κ3) is 2.41. The van der Waals surface area contributed by atoms with Gasteiger partial charge in [0.25, 0.3) is 0 Å². The number of nitrogens with two attached hydrogens (primary N) is 1. The fraction of sp³-hybridized carbons (Fsp3) is 0.0714. The lowest BCUT2D eigenvalue weighted by molar-refractivity contribution is 0.444. The van der Waals surface area contributed by atoms with Crippen LogP contribution in [0.5, 0.6) is 11.5 Å². The number of hydrogen-bond donors (Lipinski definition) is 1. The van der Waals surface area contributed by atoms with E-state index in [0.717, 1.165) is 11.6 Å². The number of hydrogen-bond acceptors (Lipinski definition) is 3. The van der Waals surface area contributed by atoms with Crippen molar-refractivity contribution < 1.29 is 9.13 Å². The first-order chi connectivity index (χ1) is 8.60. The van der Waals surface area contributed by atoms with Crippen molar-refractivity contribution in [3.05, 3.63) is 53.3 Å². The number of ether oxygens (including phenoxy) is 1. The van der Waals surface area contributed by atoms with Crippen molar-refractivity contribution in [1.29, 1.82) is 5.26 Å². The van der Waals surface area contributed by atoms with E-state index in [-0.39, 0.29) is 11.3 Å². The zero-order valence-electron chi connectivity index (χ0n) is 9.77. The Morgan fingerprint density at radius 3 is 2.50 bits per heavy atom. The molecule has 18 heavy (non-hydrogen) atoms. The normalized spacial score (nSPS) is 9.83. The third-order valence-electron chi connectivity index (χ3n) is 2.45. The van der Waals surface area contributed by atoms with Crippen LogP contribution >= 0.6 is 0 Å². The molecule has 0 radical (unpaired) electrons. The number of nitrogens with zero attached hydrogens (tertiary/aromatic N) is 1. The Morgan fingerprint density at radius 1 is 1.17 bits per heavy atom. The van der Waals surface area contributed by atoms with E-state index in [1.54, 1.807) is 12.1 Å². The second-order valence-electron chi connectivity index (χ2n) is 3.90. The van der Waals surface area contributed by atoms with Gasteiger partial charge in [-0.15, -0.1) is 0 Å². The van der Waals surface area contributed by atoms with Crippen LogP contribution in [-0.4, -0.2) is 0 Å². The van der Waals surface area contributed by atoms with Crippen molar-refractivity contribution in [3.8, 4) is 17.6 Å². The molecule has 0 unspecified atom stereocenters. The number of aryl methyl sites for hydroxylation is 1. The molecule has 4 heteroatoms. The van der Waals surface area contributed by atoms with Gasteiger partial charge in [-0.05, 0) is 42.8 Å². The minimum absolute atomic E-state index is 0.0459. The molecule has 2 aromatic carbocycles. The highest BCUT2D eigenvalue weighted by Gasteiger charge is 2.08.